The molecule has 1 saturated heterocycles. The Kier molecular flexibility index (Phi) is 6.54. The Morgan fingerprint density at radius 1 is 0.966 bits per heavy atom. The molecule has 154 valence electrons. The van der Waals surface area contributed by atoms with E-state index in [1.54, 1.807) is 7.11 Å². The molecule has 1 N–H and O–H groups in total. The standard InChI is InChI=1S/C23H29N3O3/c1-16-5-8-21(29-4)20(13-16)24-22(27)15-25-9-11-26(12-10-25)23(28)19-7-6-17(2)18(3)14-19/h5-8,13-14H,9-12,15H2,1-4H3,(H,24,27). The van der Waals surface area contributed by atoms with Gasteiger partial charge in [0.25, 0.3) is 5.91 Å². The second-order valence-electron chi connectivity index (χ2n) is 7.62. The van der Waals surface area contributed by atoms with Crippen LogP contribution in [-0.2, 0) is 4.79 Å². The van der Waals surface area contributed by atoms with Crippen LogP contribution < -0.4 is 10.1 Å². The molecule has 1 heterocycles. The molecule has 1 fully saturated rings. The molecule has 0 saturated carbocycles. The minimum absolute atomic E-state index is 0.0571. The summed E-state index contributed by atoms with van der Waals surface area (Å²) in [5, 5.41) is 2.93. The van der Waals surface area contributed by atoms with Gasteiger partial charge in [-0.1, -0.05) is 12.1 Å². The van der Waals surface area contributed by atoms with Crippen LogP contribution in [0.3, 0.4) is 0 Å². The molecule has 0 atom stereocenters. The fourth-order valence-corrected chi connectivity index (χ4v) is 3.48. The Morgan fingerprint density at radius 2 is 1.69 bits per heavy atom. The molecule has 2 aromatic rings. The van der Waals surface area contributed by atoms with Crippen LogP contribution in [0.4, 0.5) is 5.69 Å². The molecule has 6 nitrogen and oxygen atoms in total. The summed E-state index contributed by atoms with van der Waals surface area (Å²) in [6.07, 6.45) is 0. The molecule has 0 aromatic heterocycles. The number of nitrogens with one attached hydrogen (secondary N) is 1. The smallest absolute Gasteiger partial charge is 0.253 e. The van der Waals surface area contributed by atoms with E-state index in [-0.39, 0.29) is 11.8 Å². The van der Waals surface area contributed by atoms with Crippen LogP contribution in [0.1, 0.15) is 27.0 Å². The van der Waals surface area contributed by atoms with Gasteiger partial charge in [0.05, 0.1) is 19.3 Å². The second kappa shape index (κ2) is 9.09. The van der Waals surface area contributed by atoms with E-state index in [2.05, 4.69) is 10.2 Å². The minimum atomic E-state index is -0.0807. The summed E-state index contributed by atoms with van der Waals surface area (Å²) in [7, 11) is 1.59. The lowest BCUT2D eigenvalue weighted by atomic mass is 10.1. The number of carbonyl (C=O) groups is 2. The van der Waals surface area contributed by atoms with Crippen molar-refractivity contribution >= 4 is 17.5 Å². The number of benzene rings is 2. The first-order valence-corrected chi connectivity index (χ1v) is 9.90. The summed E-state index contributed by atoms with van der Waals surface area (Å²) in [5.74, 6) is 0.622. The maximum absolute atomic E-state index is 12.7. The van der Waals surface area contributed by atoms with E-state index in [1.165, 1.54) is 5.56 Å². The second-order valence-corrected chi connectivity index (χ2v) is 7.62. The number of rotatable bonds is 5. The van der Waals surface area contributed by atoms with Crippen molar-refractivity contribution in [3.05, 3.63) is 58.7 Å². The van der Waals surface area contributed by atoms with E-state index >= 15 is 0 Å². The Labute approximate surface area is 172 Å². The van der Waals surface area contributed by atoms with Crippen LogP contribution in [0.15, 0.2) is 36.4 Å². The van der Waals surface area contributed by atoms with Gasteiger partial charge in [-0.25, -0.2) is 0 Å². The van der Waals surface area contributed by atoms with Crippen molar-refractivity contribution in [1.29, 1.82) is 0 Å². The van der Waals surface area contributed by atoms with Crippen molar-refractivity contribution in [1.82, 2.24) is 9.80 Å². The van der Waals surface area contributed by atoms with E-state index in [0.717, 1.165) is 16.7 Å². The van der Waals surface area contributed by atoms with Crippen molar-refractivity contribution in [2.45, 2.75) is 20.8 Å². The average Bonchev–Trinajstić information content (AvgIpc) is 2.70. The van der Waals surface area contributed by atoms with Crippen LogP contribution in [0.25, 0.3) is 0 Å². The lowest BCUT2D eigenvalue weighted by Gasteiger charge is -2.34. The van der Waals surface area contributed by atoms with Crippen LogP contribution in [-0.4, -0.2) is 61.4 Å². The lowest BCUT2D eigenvalue weighted by Crippen LogP contribution is -2.50. The molecular weight excluding hydrogens is 366 g/mol. The normalized spacial score (nSPS) is 14.6. The molecule has 1 aliphatic rings. The molecule has 0 spiro atoms. The molecule has 1 aliphatic heterocycles. The third-order valence-electron chi connectivity index (χ3n) is 5.41. The highest BCUT2D eigenvalue weighted by molar-refractivity contribution is 5.95. The average molecular weight is 396 g/mol. The van der Waals surface area contributed by atoms with E-state index in [4.69, 9.17) is 4.74 Å². The fraction of sp³-hybridized carbons (Fsp3) is 0.391. The number of nitrogens with zero attached hydrogens (tertiary/aromatic N) is 2. The van der Waals surface area contributed by atoms with Crippen molar-refractivity contribution in [3.8, 4) is 5.75 Å². The SMILES string of the molecule is COc1ccc(C)cc1NC(=O)CN1CCN(C(=O)c2ccc(C)c(C)c2)CC1. The summed E-state index contributed by atoms with van der Waals surface area (Å²) in [6.45, 7) is 8.92. The highest BCUT2D eigenvalue weighted by Gasteiger charge is 2.23. The fourth-order valence-electron chi connectivity index (χ4n) is 3.48. The summed E-state index contributed by atoms with van der Waals surface area (Å²) in [4.78, 5) is 29.2. The summed E-state index contributed by atoms with van der Waals surface area (Å²) in [6, 6.07) is 11.5. The van der Waals surface area contributed by atoms with Crippen LogP contribution in [0, 0.1) is 20.8 Å². The quantitative estimate of drug-likeness (QED) is 0.845. The van der Waals surface area contributed by atoms with Crippen molar-refractivity contribution < 1.29 is 14.3 Å². The number of piperazine rings is 1. The maximum Gasteiger partial charge on any atom is 0.253 e. The Bertz CT molecular complexity index is 902. The minimum Gasteiger partial charge on any atom is -0.495 e. The number of hydrogen-bond donors (Lipinski definition) is 1. The Balaban J connectivity index is 1.53. The van der Waals surface area contributed by atoms with Gasteiger partial charge < -0.3 is 15.0 Å². The van der Waals surface area contributed by atoms with E-state index in [1.807, 2.05) is 62.1 Å². The van der Waals surface area contributed by atoms with Crippen LogP contribution in [0.2, 0.25) is 0 Å². The van der Waals surface area contributed by atoms with Gasteiger partial charge in [-0.05, 0) is 61.7 Å². The largest absolute Gasteiger partial charge is 0.495 e. The molecule has 0 bridgehead atoms. The number of ether oxygens (including phenoxy) is 1. The zero-order valence-electron chi connectivity index (χ0n) is 17.6. The number of anilines is 1. The summed E-state index contributed by atoms with van der Waals surface area (Å²) < 4.78 is 5.32. The molecule has 2 aromatic carbocycles. The molecule has 6 heteroatoms. The van der Waals surface area contributed by atoms with Gasteiger partial charge in [-0.2, -0.15) is 0 Å². The Hall–Kier alpha value is -2.86. The third kappa shape index (κ3) is 5.15. The van der Waals surface area contributed by atoms with E-state index in [9.17, 15) is 9.59 Å². The van der Waals surface area contributed by atoms with Crippen LogP contribution in [0.5, 0.6) is 5.75 Å². The van der Waals surface area contributed by atoms with Gasteiger partial charge in [0.2, 0.25) is 5.91 Å². The first kappa shape index (κ1) is 20.9. The zero-order chi connectivity index (χ0) is 21.0. The number of carbonyl (C=O) groups excluding carboxylic acids is 2. The van der Waals surface area contributed by atoms with Gasteiger partial charge in [0, 0.05) is 31.7 Å². The van der Waals surface area contributed by atoms with Gasteiger partial charge in [0.15, 0.2) is 0 Å². The third-order valence-corrected chi connectivity index (χ3v) is 5.41. The van der Waals surface area contributed by atoms with Crippen molar-refractivity contribution in [2.24, 2.45) is 0 Å². The first-order valence-electron chi connectivity index (χ1n) is 9.90. The predicted molar refractivity (Wildman–Crippen MR) is 115 cm³/mol. The Morgan fingerprint density at radius 3 is 2.34 bits per heavy atom. The zero-order valence-corrected chi connectivity index (χ0v) is 17.6. The molecule has 0 aliphatic carbocycles. The van der Waals surface area contributed by atoms with Crippen molar-refractivity contribution in [2.75, 3.05) is 45.2 Å². The van der Waals surface area contributed by atoms with Gasteiger partial charge in [-0.15, -0.1) is 0 Å². The van der Waals surface area contributed by atoms with Crippen LogP contribution >= 0.6 is 0 Å². The number of hydrogen-bond acceptors (Lipinski definition) is 4. The highest BCUT2D eigenvalue weighted by Crippen LogP contribution is 2.25. The number of aryl methyl sites for hydroxylation is 3. The topological polar surface area (TPSA) is 61.9 Å². The predicted octanol–water partition coefficient (Wildman–Crippen LogP) is 3.02. The molecule has 0 radical (unpaired) electrons. The highest BCUT2D eigenvalue weighted by atomic mass is 16.5. The molecule has 2 amide bonds. The first-order chi connectivity index (χ1) is 13.9. The molecule has 0 unspecified atom stereocenters. The van der Waals surface area contributed by atoms with Crippen molar-refractivity contribution in [3.63, 3.8) is 0 Å². The number of methoxy groups -OCH3 is 1. The maximum atomic E-state index is 12.7. The van der Waals surface area contributed by atoms with E-state index < -0.39 is 0 Å². The monoisotopic (exact) mass is 395 g/mol. The lowest BCUT2D eigenvalue weighted by molar-refractivity contribution is -0.117. The van der Waals surface area contributed by atoms with Gasteiger partial charge >= 0.3 is 0 Å². The van der Waals surface area contributed by atoms with E-state index in [0.29, 0.717) is 44.2 Å². The van der Waals surface area contributed by atoms with Gasteiger partial charge in [0.1, 0.15) is 5.75 Å². The molecule has 29 heavy (non-hydrogen) atoms. The summed E-state index contributed by atoms with van der Waals surface area (Å²) >= 11 is 0. The summed E-state index contributed by atoms with van der Waals surface area (Å²) in [5.41, 5.74) is 4.77. The van der Waals surface area contributed by atoms with Gasteiger partial charge in [-0.3, -0.25) is 14.5 Å². The molecule has 3 rings (SSSR count). The molecular formula is C23H29N3O3. The number of amides is 2.